The van der Waals surface area contributed by atoms with Gasteiger partial charge in [0.2, 0.25) is 0 Å². The van der Waals surface area contributed by atoms with E-state index in [0.29, 0.717) is 5.92 Å². The van der Waals surface area contributed by atoms with Crippen molar-refractivity contribution in [2.75, 3.05) is 5.73 Å². The maximum atomic E-state index is 5.67. The summed E-state index contributed by atoms with van der Waals surface area (Å²) < 4.78 is 2.03. The molecule has 0 bridgehead atoms. The molecule has 1 unspecified atom stereocenters. The smallest absolute Gasteiger partial charge is 0.181 e. The van der Waals surface area contributed by atoms with Crippen LogP contribution in [0.2, 0.25) is 0 Å². The summed E-state index contributed by atoms with van der Waals surface area (Å²) in [6.45, 7) is 3.25. The summed E-state index contributed by atoms with van der Waals surface area (Å²) in [5.41, 5.74) is 7.48. The van der Waals surface area contributed by atoms with Gasteiger partial charge in [-0.25, -0.2) is 9.67 Å². The largest absolute Gasteiger partial charge is 0.399 e. The third-order valence-corrected chi connectivity index (χ3v) is 3.28. The molecule has 1 aromatic carbocycles. The van der Waals surface area contributed by atoms with Crippen molar-refractivity contribution in [3.8, 4) is 11.4 Å². The number of aromatic nitrogens is 3. The Labute approximate surface area is 100 Å². The lowest BCUT2D eigenvalue weighted by atomic mass is 10.0. The lowest BCUT2D eigenvalue weighted by Gasteiger charge is -2.17. The van der Waals surface area contributed by atoms with Crippen LogP contribution in [0.1, 0.15) is 19.2 Å². The molecule has 1 aliphatic rings. The number of nitrogen functional groups attached to an aromatic ring is 1. The van der Waals surface area contributed by atoms with Crippen LogP contribution in [-0.2, 0) is 13.0 Å². The Kier molecular flexibility index (Phi) is 2.35. The molecule has 0 radical (unpaired) electrons. The molecule has 0 amide bonds. The molecule has 17 heavy (non-hydrogen) atoms. The van der Waals surface area contributed by atoms with Gasteiger partial charge in [-0.3, -0.25) is 0 Å². The van der Waals surface area contributed by atoms with Gasteiger partial charge < -0.3 is 5.73 Å². The van der Waals surface area contributed by atoms with Crippen molar-refractivity contribution in [3.63, 3.8) is 0 Å². The van der Waals surface area contributed by atoms with Gasteiger partial charge in [0.1, 0.15) is 5.82 Å². The standard InChI is InChI=1S/C13H16N4/c1-9-6-7-17-12(8-9)15-13(16-17)10-2-4-11(14)5-3-10/h2-5,9H,6-8,14H2,1H3. The van der Waals surface area contributed by atoms with E-state index in [4.69, 9.17) is 5.73 Å². The highest BCUT2D eigenvalue weighted by molar-refractivity contribution is 5.58. The van der Waals surface area contributed by atoms with Gasteiger partial charge in [0.05, 0.1) is 0 Å². The number of hydrogen-bond acceptors (Lipinski definition) is 3. The second-order valence-corrected chi connectivity index (χ2v) is 4.79. The average molecular weight is 228 g/mol. The molecule has 2 N–H and O–H groups in total. The van der Waals surface area contributed by atoms with Crippen LogP contribution >= 0.6 is 0 Å². The Morgan fingerprint density at radius 1 is 1.29 bits per heavy atom. The van der Waals surface area contributed by atoms with Crippen molar-refractivity contribution in [1.29, 1.82) is 0 Å². The Morgan fingerprint density at radius 2 is 2.06 bits per heavy atom. The number of benzene rings is 1. The van der Waals surface area contributed by atoms with Gasteiger partial charge in [-0.05, 0) is 36.6 Å². The first-order valence-electron chi connectivity index (χ1n) is 6.02. The van der Waals surface area contributed by atoms with Gasteiger partial charge in [-0.2, -0.15) is 5.10 Å². The molecule has 0 saturated carbocycles. The molecule has 4 heteroatoms. The molecule has 88 valence electrons. The summed E-state index contributed by atoms with van der Waals surface area (Å²) in [7, 11) is 0. The van der Waals surface area contributed by atoms with E-state index in [1.165, 1.54) is 6.42 Å². The van der Waals surface area contributed by atoms with Gasteiger partial charge in [-0.1, -0.05) is 6.92 Å². The van der Waals surface area contributed by atoms with Crippen molar-refractivity contribution in [1.82, 2.24) is 14.8 Å². The first-order valence-corrected chi connectivity index (χ1v) is 6.02. The van der Waals surface area contributed by atoms with Crippen molar-refractivity contribution >= 4 is 5.69 Å². The number of fused-ring (bicyclic) bond motifs is 1. The van der Waals surface area contributed by atoms with Crippen LogP contribution in [0, 0.1) is 5.92 Å². The number of nitrogens with two attached hydrogens (primary N) is 1. The summed E-state index contributed by atoms with van der Waals surface area (Å²) in [5.74, 6) is 2.63. The zero-order valence-corrected chi connectivity index (χ0v) is 9.93. The van der Waals surface area contributed by atoms with E-state index in [-0.39, 0.29) is 0 Å². The van der Waals surface area contributed by atoms with Crippen molar-refractivity contribution in [3.05, 3.63) is 30.1 Å². The summed E-state index contributed by atoms with van der Waals surface area (Å²) in [6.07, 6.45) is 2.22. The van der Waals surface area contributed by atoms with Gasteiger partial charge in [0.15, 0.2) is 5.82 Å². The van der Waals surface area contributed by atoms with E-state index in [1.54, 1.807) is 0 Å². The minimum Gasteiger partial charge on any atom is -0.399 e. The van der Waals surface area contributed by atoms with Crippen LogP contribution in [0.5, 0.6) is 0 Å². The van der Waals surface area contributed by atoms with Crippen LogP contribution in [0.25, 0.3) is 11.4 Å². The van der Waals surface area contributed by atoms with E-state index in [0.717, 1.165) is 35.9 Å². The normalized spacial score (nSPS) is 19.0. The Bertz CT molecular complexity index is 527. The molecule has 0 saturated heterocycles. The Balaban J connectivity index is 1.97. The fourth-order valence-corrected chi connectivity index (χ4v) is 2.22. The number of aryl methyl sites for hydroxylation is 1. The molecule has 1 aromatic heterocycles. The van der Waals surface area contributed by atoms with Crippen LogP contribution < -0.4 is 5.73 Å². The lowest BCUT2D eigenvalue weighted by molar-refractivity contribution is 0.386. The van der Waals surface area contributed by atoms with Gasteiger partial charge >= 0.3 is 0 Å². The zero-order valence-electron chi connectivity index (χ0n) is 9.93. The van der Waals surface area contributed by atoms with Crippen LogP contribution in [0.3, 0.4) is 0 Å². The minimum atomic E-state index is 0.714. The molecule has 0 fully saturated rings. The fraction of sp³-hybridized carbons (Fsp3) is 0.385. The molecule has 0 aliphatic carbocycles. The molecule has 1 aliphatic heterocycles. The average Bonchev–Trinajstić information content (AvgIpc) is 2.72. The molecular weight excluding hydrogens is 212 g/mol. The van der Waals surface area contributed by atoms with Gasteiger partial charge in [0.25, 0.3) is 0 Å². The van der Waals surface area contributed by atoms with Gasteiger partial charge in [0, 0.05) is 24.2 Å². The number of rotatable bonds is 1. The molecule has 2 aromatic rings. The predicted octanol–water partition coefficient (Wildman–Crippen LogP) is 2.11. The highest BCUT2D eigenvalue weighted by Gasteiger charge is 2.19. The van der Waals surface area contributed by atoms with E-state index in [1.807, 2.05) is 28.9 Å². The minimum absolute atomic E-state index is 0.714. The van der Waals surface area contributed by atoms with Crippen molar-refractivity contribution in [2.24, 2.45) is 5.92 Å². The number of anilines is 1. The van der Waals surface area contributed by atoms with E-state index in [9.17, 15) is 0 Å². The highest BCUT2D eigenvalue weighted by Crippen LogP contribution is 2.22. The van der Waals surface area contributed by atoms with Crippen LogP contribution in [0.4, 0.5) is 5.69 Å². The maximum absolute atomic E-state index is 5.67. The molecule has 4 nitrogen and oxygen atoms in total. The summed E-state index contributed by atoms with van der Waals surface area (Å²) in [4.78, 5) is 4.61. The lowest BCUT2D eigenvalue weighted by Crippen LogP contribution is -2.18. The molecule has 1 atom stereocenters. The fourth-order valence-electron chi connectivity index (χ4n) is 2.22. The first kappa shape index (κ1) is 10.3. The summed E-state index contributed by atoms with van der Waals surface area (Å²) in [5, 5.41) is 4.55. The third-order valence-electron chi connectivity index (χ3n) is 3.28. The zero-order chi connectivity index (χ0) is 11.8. The summed E-state index contributed by atoms with van der Waals surface area (Å²) in [6, 6.07) is 7.72. The maximum Gasteiger partial charge on any atom is 0.181 e. The van der Waals surface area contributed by atoms with E-state index < -0.39 is 0 Å². The highest BCUT2D eigenvalue weighted by atomic mass is 15.3. The van der Waals surface area contributed by atoms with Gasteiger partial charge in [-0.15, -0.1) is 0 Å². The van der Waals surface area contributed by atoms with Crippen LogP contribution in [0.15, 0.2) is 24.3 Å². The molecule has 0 spiro atoms. The van der Waals surface area contributed by atoms with Crippen molar-refractivity contribution in [2.45, 2.75) is 26.3 Å². The number of nitrogens with zero attached hydrogens (tertiary/aromatic N) is 3. The van der Waals surface area contributed by atoms with Crippen molar-refractivity contribution < 1.29 is 0 Å². The number of hydrogen-bond donors (Lipinski definition) is 1. The van der Waals surface area contributed by atoms with Crippen LogP contribution in [-0.4, -0.2) is 14.8 Å². The monoisotopic (exact) mass is 228 g/mol. The quantitative estimate of drug-likeness (QED) is 0.760. The summed E-state index contributed by atoms with van der Waals surface area (Å²) >= 11 is 0. The SMILES string of the molecule is CC1CCn2nc(-c3ccc(N)cc3)nc2C1. The second-order valence-electron chi connectivity index (χ2n) is 4.79. The third kappa shape index (κ3) is 1.90. The Morgan fingerprint density at radius 3 is 2.82 bits per heavy atom. The molecule has 2 heterocycles. The van der Waals surface area contributed by atoms with E-state index in [2.05, 4.69) is 17.0 Å². The molecule has 3 rings (SSSR count). The topological polar surface area (TPSA) is 56.7 Å². The molecular formula is C13H16N4. The predicted molar refractivity (Wildman–Crippen MR) is 67.4 cm³/mol. The second kappa shape index (κ2) is 3.87. The van der Waals surface area contributed by atoms with E-state index >= 15 is 0 Å². The first-order chi connectivity index (χ1) is 8.22. The Hall–Kier alpha value is -1.84.